The quantitative estimate of drug-likeness (QED) is 0.655. The highest BCUT2D eigenvalue weighted by molar-refractivity contribution is 5.80. The lowest BCUT2D eigenvalue weighted by atomic mass is 10.2. The molecule has 138 valence electrons. The van der Waals surface area contributed by atoms with Crippen LogP contribution in [0.4, 0.5) is 0 Å². The maximum Gasteiger partial charge on any atom is 0.262 e. The molecule has 0 aliphatic carbocycles. The van der Waals surface area contributed by atoms with Gasteiger partial charge < -0.3 is 4.90 Å². The van der Waals surface area contributed by atoms with Gasteiger partial charge in [0.2, 0.25) is 11.7 Å². The van der Waals surface area contributed by atoms with Crippen molar-refractivity contribution in [3.63, 3.8) is 0 Å². The Balaban J connectivity index is 2.07. The van der Waals surface area contributed by atoms with Crippen LogP contribution in [0.2, 0.25) is 0 Å². The number of benzene rings is 1. The monoisotopic (exact) mass is 356 g/mol. The number of aryl methyl sites for hydroxylation is 1. The Labute approximate surface area is 151 Å². The Morgan fingerprint density at radius 2 is 1.92 bits per heavy atom. The Bertz CT molecular complexity index is 1000. The molecule has 0 N–H and O–H groups in total. The first-order valence-electron chi connectivity index (χ1n) is 8.68. The van der Waals surface area contributed by atoms with Gasteiger partial charge in [0.15, 0.2) is 5.82 Å². The number of hydrogen-bond donors (Lipinski definition) is 0. The minimum atomic E-state index is -0.0970. The number of likely N-dealkylation sites (N-methyl/N-ethyl adjacent to an activating group) is 1. The van der Waals surface area contributed by atoms with Gasteiger partial charge in [0.1, 0.15) is 0 Å². The van der Waals surface area contributed by atoms with Gasteiger partial charge in [-0.1, -0.05) is 19.1 Å². The highest BCUT2D eigenvalue weighted by Crippen LogP contribution is 2.15. The molecule has 0 aliphatic heterocycles. The van der Waals surface area contributed by atoms with Crippen molar-refractivity contribution in [2.45, 2.75) is 19.9 Å². The Hall–Kier alpha value is -2.74. The molecular weight excluding hydrogens is 332 g/mol. The van der Waals surface area contributed by atoms with Crippen LogP contribution in [-0.2, 0) is 18.4 Å². The van der Waals surface area contributed by atoms with Gasteiger partial charge in [-0.3, -0.25) is 23.5 Å². The summed E-state index contributed by atoms with van der Waals surface area (Å²) in [5.41, 5.74) is 0.682. The van der Waals surface area contributed by atoms with Gasteiger partial charge >= 0.3 is 0 Å². The van der Waals surface area contributed by atoms with E-state index in [0.717, 1.165) is 18.5 Å². The van der Waals surface area contributed by atoms with Gasteiger partial charge in [-0.05, 0) is 25.1 Å². The second-order valence-electron chi connectivity index (χ2n) is 6.63. The third-order valence-electron chi connectivity index (χ3n) is 4.46. The van der Waals surface area contributed by atoms with E-state index in [1.54, 1.807) is 32.1 Å². The predicted molar refractivity (Wildman–Crippen MR) is 100.0 cm³/mol. The summed E-state index contributed by atoms with van der Waals surface area (Å²) in [6.07, 6.45) is 0.927. The molecule has 8 nitrogen and oxygen atoms in total. The van der Waals surface area contributed by atoms with E-state index in [1.807, 2.05) is 22.6 Å². The number of hydrogen-bond acceptors (Lipinski definition) is 5. The molecule has 8 heteroatoms. The van der Waals surface area contributed by atoms with Crippen molar-refractivity contribution in [2.24, 2.45) is 7.05 Å². The molecule has 0 bridgehead atoms. The van der Waals surface area contributed by atoms with Gasteiger partial charge in [0.25, 0.3) is 5.56 Å². The van der Waals surface area contributed by atoms with Crippen LogP contribution in [0.3, 0.4) is 0 Å². The number of para-hydroxylation sites is 1. The van der Waals surface area contributed by atoms with E-state index in [1.165, 1.54) is 4.57 Å². The van der Waals surface area contributed by atoms with E-state index in [9.17, 15) is 9.59 Å². The number of rotatable bonds is 6. The topological polar surface area (TPSA) is 75.7 Å². The lowest BCUT2D eigenvalue weighted by Gasteiger charge is -2.22. The van der Waals surface area contributed by atoms with Crippen LogP contribution in [0.5, 0.6) is 0 Å². The minimum Gasteiger partial charge on any atom is -0.348 e. The zero-order valence-corrected chi connectivity index (χ0v) is 15.6. The molecule has 1 aromatic carbocycles. The fraction of sp³-hybridized carbons (Fsp3) is 0.444. The molecule has 0 spiro atoms. The average Bonchev–Trinajstić information content (AvgIpc) is 3.03. The largest absolute Gasteiger partial charge is 0.348 e. The summed E-state index contributed by atoms with van der Waals surface area (Å²) < 4.78 is 3.41. The van der Waals surface area contributed by atoms with E-state index in [-0.39, 0.29) is 11.5 Å². The van der Waals surface area contributed by atoms with E-state index < -0.39 is 0 Å². The number of fused-ring (bicyclic) bond motifs is 3. The highest BCUT2D eigenvalue weighted by Gasteiger charge is 2.18. The molecule has 0 aliphatic rings. The molecule has 0 radical (unpaired) electrons. The molecule has 0 saturated heterocycles. The zero-order valence-electron chi connectivity index (χ0n) is 15.6. The van der Waals surface area contributed by atoms with Crippen molar-refractivity contribution in [3.05, 3.63) is 40.4 Å². The van der Waals surface area contributed by atoms with Crippen molar-refractivity contribution >= 4 is 22.6 Å². The Morgan fingerprint density at radius 3 is 2.62 bits per heavy atom. The summed E-state index contributed by atoms with van der Waals surface area (Å²) in [4.78, 5) is 28.3. The Morgan fingerprint density at radius 1 is 1.19 bits per heavy atom. The first-order valence-corrected chi connectivity index (χ1v) is 8.68. The van der Waals surface area contributed by atoms with E-state index >= 15 is 0 Å². The van der Waals surface area contributed by atoms with Gasteiger partial charge in [-0.25, -0.2) is 0 Å². The molecule has 1 amide bonds. The fourth-order valence-corrected chi connectivity index (χ4v) is 3.06. The number of amides is 1. The third kappa shape index (κ3) is 3.20. The number of carbonyl (C=O) groups is 1. The van der Waals surface area contributed by atoms with E-state index in [0.29, 0.717) is 30.1 Å². The van der Waals surface area contributed by atoms with Gasteiger partial charge in [-0.2, -0.15) is 0 Å². The second kappa shape index (κ2) is 7.25. The molecule has 2 heterocycles. The number of aromatic nitrogens is 4. The molecular formula is C18H24N6O2. The van der Waals surface area contributed by atoms with E-state index in [2.05, 4.69) is 22.0 Å². The number of nitrogens with zero attached hydrogens (tertiary/aromatic N) is 6. The van der Waals surface area contributed by atoms with Crippen LogP contribution in [0.1, 0.15) is 19.2 Å². The highest BCUT2D eigenvalue weighted by atomic mass is 16.2. The van der Waals surface area contributed by atoms with Gasteiger partial charge in [-0.15, -0.1) is 10.2 Å². The first-order chi connectivity index (χ1) is 12.4. The maximum absolute atomic E-state index is 12.5. The van der Waals surface area contributed by atoms with Crippen molar-refractivity contribution in [1.82, 2.24) is 29.0 Å². The van der Waals surface area contributed by atoms with Crippen molar-refractivity contribution < 1.29 is 4.79 Å². The van der Waals surface area contributed by atoms with Crippen molar-refractivity contribution in [1.29, 1.82) is 0 Å². The van der Waals surface area contributed by atoms with Crippen LogP contribution >= 0.6 is 0 Å². The van der Waals surface area contributed by atoms with Gasteiger partial charge in [0.05, 0.1) is 24.0 Å². The average molecular weight is 356 g/mol. The van der Waals surface area contributed by atoms with Crippen LogP contribution in [-0.4, -0.2) is 62.1 Å². The van der Waals surface area contributed by atoms with Crippen LogP contribution < -0.4 is 5.56 Å². The minimum absolute atomic E-state index is 0.0459. The predicted octanol–water partition coefficient (Wildman–Crippen LogP) is 0.881. The van der Waals surface area contributed by atoms with Crippen LogP contribution in [0.15, 0.2) is 29.1 Å². The zero-order chi connectivity index (χ0) is 18.8. The normalized spacial score (nSPS) is 11.6. The van der Waals surface area contributed by atoms with Crippen LogP contribution in [0, 0.1) is 0 Å². The summed E-state index contributed by atoms with van der Waals surface area (Å²) in [7, 11) is 5.20. The summed E-state index contributed by atoms with van der Waals surface area (Å²) in [6.45, 7) is 3.66. The molecule has 26 heavy (non-hydrogen) atoms. The fourth-order valence-electron chi connectivity index (χ4n) is 3.06. The lowest BCUT2D eigenvalue weighted by Crippen LogP contribution is -2.37. The molecule has 3 aromatic rings. The van der Waals surface area contributed by atoms with Crippen molar-refractivity contribution in [2.75, 3.05) is 27.2 Å². The summed E-state index contributed by atoms with van der Waals surface area (Å²) >= 11 is 0. The van der Waals surface area contributed by atoms with Gasteiger partial charge in [0, 0.05) is 21.1 Å². The molecule has 0 saturated carbocycles. The summed E-state index contributed by atoms with van der Waals surface area (Å²) in [5.74, 6) is 1.26. The summed E-state index contributed by atoms with van der Waals surface area (Å²) in [5, 5.41) is 9.14. The second-order valence-corrected chi connectivity index (χ2v) is 6.63. The number of carbonyl (C=O) groups excluding carboxylic acids is 1. The van der Waals surface area contributed by atoms with E-state index in [4.69, 9.17) is 0 Å². The third-order valence-corrected chi connectivity index (χ3v) is 4.46. The molecule has 0 atom stereocenters. The molecule has 2 aromatic heterocycles. The van der Waals surface area contributed by atoms with Crippen molar-refractivity contribution in [3.8, 4) is 0 Å². The lowest BCUT2D eigenvalue weighted by molar-refractivity contribution is -0.130. The molecule has 0 fully saturated rings. The standard InChI is InChI=1S/C18H24N6O2/c1-5-10-23(12-16(25)21(2)3)11-15-19-20-18-22(4)17(26)13-8-6-7-9-14(13)24(15)18/h6-9H,5,10-12H2,1-4H3. The molecule has 3 rings (SSSR count). The van der Waals surface area contributed by atoms with Crippen LogP contribution in [0.25, 0.3) is 16.7 Å². The molecule has 0 unspecified atom stereocenters. The Kier molecular flexibility index (Phi) is 5.03. The summed E-state index contributed by atoms with van der Waals surface area (Å²) in [6, 6.07) is 7.44. The SMILES string of the molecule is CCCN(CC(=O)N(C)C)Cc1nnc2n(C)c(=O)c3ccccc3n12. The first kappa shape index (κ1) is 18.1. The smallest absolute Gasteiger partial charge is 0.262 e. The maximum atomic E-state index is 12.5.